The molecular weight excluding hydrogens is 202 g/mol. The average molecular weight is 223 g/mol. The number of rotatable bonds is 5. The van der Waals surface area contributed by atoms with Crippen LogP contribution in [0.4, 0.5) is 0 Å². The van der Waals surface area contributed by atoms with Crippen molar-refractivity contribution in [2.24, 2.45) is 0 Å². The van der Waals surface area contributed by atoms with Crippen LogP contribution in [0.5, 0.6) is 0 Å². The Kier molecular flexibility index (Phi) is 4.83. The Balaban J connectivity index is 2.99. The molecule has 0 aromatic carbocycles. The summed E-state index contributed by atoms with van der Waals surface area (Å²) in [5.74, 6) is 0.775. The van der Waals surface area contributed by atoms with E-state index in [2.05, 4.69) is 15.3 Å². The van der Waals surface area contributed by atoms with Crippen molar-refractivity contribution < 1.29 is 4.74 Å². The zero-order valence-electron chi connectivity index (χ0n) is 10.8. The average Bonchev–Trinajstić information content (AvgIpc) is 2.23. The minimum absolute atomic E-state index is 0.0361. The van der Waals surface area contributed by atoms with E-state index in [1.165, 1.54) is 5.56 Å². The van der Waals surface area contributed by atoms with Crippen molar-refractivity contribution in [3.63, 3.8) is 0 Å². The molecule has 0 saturated carbocycles. The van der Waals surface area contributed by atoms with Crippen LogP contribution in [0.3, 0.4) is 0 Å². The maximum atomic E-state index is 5.50. The lowest BCUT2D eigenvalue weighted by Crippen LogP contribution is -2.14. The number of aryl methyl sites for hydroxylation is 2. The summed E-state index contributed by atoms with van der Waals surface area (Å²) >= 11 is 0. The summed E-state index contributed by atoms with van der Waals surface area (Å²) in [5.41, 5.74) is 3.24. The van der Waals surface area contributed by atoms with E-state index in [1.54, 1.807) is 0 Å². The highest BCUT2D eigenvalue weighted by Crippen LogP contribution is 2.16. The van der Waals surface area contributed by atoms with Crippen molar-refractivity contribution in [1.82, 2.24) is 15.3 Å². The van der Waals surface area contributed by atoms with Crippen molar-refractivity contribution in [3.8, 4) is 0 Å². The molecule has 4 nitrogen and oxygen atoms in total. The van der Waals surface area contributed by atoms with Crippen LogP contribution in [-0.2, 0) is 11.3 Å². The van der Waals surface area contributed by atoms with Gasteiger partial charge in [-0.05, 0) is 34.7 Å². The van der Waals surface area contributed by atoms with E-state index < -0.39 is 0 Å². The number of aromatic nitrogens is 2. The van der Waals surface area contributed by atoms with Gasteiger partial charge in [0.2, 0.25) is 0 Å². The Morgan fingerprint density at radius 2 is 1.81 bits per heavy atom. The van der Waals surface area contributed by atoms with Crippen molar-refractivity contribution in [3.05, 3.63) is 22.8 Å². The van der Waals surface area contributed by atoms with E-state index in [9.17, 15) is 0 Å². The van der Waals surface area contributed by atoms with Gasteiger partial charge < -0.3 is 10.1 Å². The third kappa shape index (κ3) is 3.00. The number of hydrogen-bond donors (Lipinski definition) is 1. The van der Waals surface area contributed by atoms with Crippen molar-refractivity contribution in [2.75, 3.05) is 13.7 Å². The minimum atomic E-state index is -0.0361. The summed E-state index contributed by atoms with van der Waals surface area (Å²) in [6.45, 7) is 9.48. The van der Waals surface area contributed by atoms with Gasteiger partial charge in [-0.2, -0.15) is 0 Å². The second kappa shape index (κ2) is 5.92. The molecule has 1 N–H and O–H groups in total. The van der Waals surface area contributed by atoms with E-state index in [-0.39, 0.29) is 6.10 Å². The molecule has 0 amide bonds. The Morgan fingerprint density at radius 1 is 1.25 bits per heavy atom. The topological polar surface area (TPSA) is 47.0 Å². The first-order chi connectivity index (χ1) is 7.60. The highest BCUT2D eigenvalue weighted by atomic mass is 16.5. The number of hydrogen-bond acceptors (Lipinski definition) is 4. The molecule has 1 heterocycles. The quantitative estimate of drug-likeness (QED) is 0.828. The SMILES string of the molecule is CCOC(C)c1nc(C)c(CNC)c(C)n1. The second-order valence-electron chi connectivity index (χ2n) is 3.86. The van der Waals surface area contributed by atoms with Crippen LogP contribution >= 0.6 is 0 Å². The predicted octanol–water partition coefficient (Wildman–Crippen LogP) is 1.91. The number of ether oxygens (including phenoxy) is 1. The van der Waals surface area contributed by atoms with Gasteiger partial charge in [0, 0.05) is 30.1 Å². The lowest BCUT2D eigenvalue weighted by molar-refractivity contribution is 0.0697. The number of nitrogens with one attached hydrogen (secondary N) is 1. The highest BCUT2D eigenvalue weighted by molar-refractivity contribution is 5.24. The molecule has 0 bridgehead atoms. The van der Waals surface area contributed by atoms with Gasteiger partial charge in [-0.15, -0.1) is 0 Å². The van der Waals surface area contributed by atoms with Gasteiger partial charge in [0.25, 0.3) is 0 Å². The normalized spacial score (nSPS) is 12.8. The van der Waals surface area contributed by atoms with Gasteiger partial charge in [-0.3, -0.25) is 0 Å². The van der Waals surface area contributed by atoms with Crippen LogP contribution in [0.2, 0.25) is 0 Å². The molecule has 1 atom stereocenters. The third-order valence-corrected chi connectivity index (χ3v) is 2.57. The van der Waals surface area contributed by atoms with Gasteiger partial charge in [-0.1, -0.05) is 0 Å². The van der Waals surface area contributed by atoms with E-state index >= 15 is 0 Å². The molecule has 1 aromatic heterocycles. The molecule has 0 fully saturated rings. The molecule has 0 saturated heterocycles. The maximum Gasteiger partial charge on any atom is 0.157 e. The second-order valence-corrected chi connectivity index (χ2v) is 3.86. The number of nitrogens with zero attached hydrogens (tertiary/aromatic N) is 2. The first-order valence-corrected chi connectivity index (χ1v) is 5.70. The lowest BCUT2D eigenvalue weighted by Gasteiger charge is -2.14. The Hall–Kier alpha value is -1.00. The molecule has 16 heavy (non-hydrogen) atoms. The van der Waals surface area contributed by atoms with Crippen LogP contribution in [0.1, 0.15) is 42.7 Å². The molecule has 1 rings (SSSR count). The molecule has 1 unspecified atom stereocenters. The fraction of sp³-hybridized carbons (Fsp3) is 0.667. The minimum Gasteiger partial charge on any atom is -0.371 e. The molecule has 1 aromatic rings. The third-order valence-electron chi connectivity index (χ3n) is 2.57. The maximum absolute atomic E-state index is 5.50. The van der Waals surface area contributed by atoms with Gasteiger partial charge in [0.15, 0.2) is 5.82 Å². The van der Waals surface area contributed by atoms with Crippen LogP contribution in [0.15, 0.2) is 0 Å². The predicted molar refractivity (Wildman–Crippen MR) is 64.3 cm³/mol. The first-order valence-electron chi connectivity index (χ1n) is 5.70. The molecule has 0 radical (unpaired) electrons. The smallest absolute Gasteiger partial charge is 0.157 e. The van der Waals surface area contributed by atoms with Crippen LogP contribution in [0, 0.1) is 13.8 Å². The van der Waals surface area contributed by atoms with Crippen molar-refractivity contribution in [1.29, 1.82) is 0 Å². The summed E-state index contributed by atoms with van der Waals surface area (Å²) in [6.07, 6.45) is -0.0361. The van der Waals surface area contributed by atoms with Gasteiger partial charge in [-0.25, -0.2) is 9.97 Å². The van der Waals surface area contributed by atoms with E-state index in [1.807, 2.05) is 34.7 Å². The van der Waals surface area contributed by atoms with Crippen LogP contribution in [0.25, 0.3) is 0 Å². The van der Waals surface area contributed by atoms with E-state index in [0.29, 0.717) is 6.61 Å². The lowest BCUT2D eigenvalue weighted by atomic mass is 10.1. The van der Waals surface area contributed by atoms with Crippen molar-refractivity contribution in [2.45, 2.75) is 40.3 Å². The molecule has 0 aliphatic carbocycles. The summed E-state index contributed by atoms with van der Waals surface area (Å²) < 4.78 is 5.50. The summed E-state index contributed by atoms with van der Waals surface area (Å²) in [4.78, 5) is 8.99. The summed E-state index contributed by atoms with van der Waals surface area (Å²) in [7, 11) is 1.93. The van der Waals surface area contributed by atoms with Gasteiger partial charge >= 0.3 is 0 Å². The molecule has 0 aliphatic rings. The molecule has 0 spiro atoms. The van der Waals surface area contributed by atoms with Gasteiger partial charge in [0.05, 0.1) is 0 Å². The van der Waals surface area contributed by atoms with Crippen LogP contribution < -0.4 is 5.32 Å². The molecular formula is C12H21N3O. The monoisotopic (exact) mass is 223 g/mol. The van der Waals surface area contributed by atoms with E-state index in [4.69, 9.17) is 4.74 Å². The Labute approximate surface area is 97.5 Å². The molecule has 0 aliphatic heterocycles. The summed E-state index contributed by atoms with van der Waals surface area (Å²) in [6, 6.07) is 0. The Bertz CT molecular complexity index is 329. The van der Waals surface area contributed by atoms with Crippen molar-refractivity contribution >= 4 is 0 Å². The molecule has 90 valence electrons. The standard InChI is InChI=1S/C12H21N3O/c1-6-16-10(4)12-14-8(2)11(7-13-5)9(3)15-12/h10,13H,6-7H2,1-5H3. The largest absolute Gasteiger partial charge is 0.371 e. The fourth-order valence-corrected chi connectivity index (χ4v) is 1.70. The van der Waals surface area contributed by atoms with Gasteiger partial charge in [0.1, 0.15) is 6.10 Å². The Morgan fingerprint density at radius 3 is 2.25 bits per heavy atom. The molecule has 4 heteroatoms. The fourth-order valence-electron chi connectivity index (χ4n) is 1.70. The van der Waals surface area contributed by atoms with E-state index in [0.717, 1.165) is 23.8 Å². The first kappa shape index (κ1) is 13.1. The zero-order chi connectivity index (χ0) is 12.1. The zero-order valence-corrected chi connectivity index (χ0v) is 10.8. The highest BCUT2D eigenvalue weighted by Gasteiger charge is 2.12. The van der Waals surface area contributed by atoms with Crippen LogP contribution in [-0.4, -0.2) is 23.6 Å². The summed E-state index contributed by atoms with van der Waals surface area (Å²) in [5, 5.41) is 3.13.